The van der Waals surface area contributed by atoms with Crippen LogP contribution in [0.1, 0.15) is 284 Å². The maximum absolute atomic E-state index is 12.6. The second-order valence-corrected chi connectivity index (χ2v) is 18.9. The van der Waals surface area contributed by atoms with Crippen LogP contribution in [0.5, 0.6) is 0 Å². The molecular weight excluding hydrogens is 767 g/mol. The minimum Gasteiger partial charge on any atom is -0.394 e. The van der Waals surface area contributed by atoms with Gasteiger partial charge in [0.1, 0.15) is 12.2 Å². The summed E-state index contributed by atoms with van der Waals surface area (Å²) in [6.45, 7) is 4.05. The van der Waals surface area contributed by atoms with Crippen molar-refractivity contribution in [2.75, 3.05) is 6.61 Å². The lowest BCUT2D eigenvalue weighted by atomic mass is 10.00. The lowest BCUT2D eigenvalue weighted by molar-refractivity contribution is -0.132. The summed E-state index contributed by atoms with van der Waals surface area (Å²) in [7, 11) is 0. The molecule has 0 saturated heterocycles. The Kier molecular flexibility index (Phi) is 49.3. The zero-order chi connectivity index (χ0) is 45.2. The molecule has 0 heterocycles. The lowest BCUT2D eigenvalue weighted by Crippen LogP contribution is -2.53. The number of nitrogens with one attached hydrogen (secondary N) is 1. The molecule has 0 aromatic carbocycles. The fourth-order valence-corrected chi connectivity index (χ4v) is 8.48. The van der Waals surface area contributed by atoms with Crippen molar-refractivity contribution in [3.8, 4) is 0 Å². The molecule has 0 radical (unpaired) electrons. The highest BCUT2D eigenvalue weighted by molar-refractivity contribution is 5.80. The summed E-state index contributed by atoms with van der Waals surface area (Å²) in [4.78, 5) is 12.6. The Bertz CT molecular complexity index is 981. The average Bonchev–Trinajstić information content (AvgIpc) is 3.28. The predicted octanol–water partition coefficient (Wildman–Crippen LogP) is 15.6. The summed E-state index contributed by atoms with van der Waals surface area (Å²) in [5, 5.41) is 43.8. The highest BCUT2D eigenvalue weighted by atomic mass is 16.3. The predicted molar refractivity (Wildman–Crippen MR) is 270 cm³/mol. The maximum Gasteiger partial charge on any atom is 0.249 e. The molecule has 5 N–H and O–H groups in total. The molecule has 0 spiro atoms. The van der Waals surface area contributed by atoms with E-state index in [1.54, 1.807) is 0 Å². The van der Waals surface area contributed by atoms with E-state index in [9.17, 15) is 25.2 Å². The molecule has 0 fully saturated rings. The van der Waals surface area contributed by atoms with E-state index in [4.69, 9.17) is 0 Å². The van der Waals surface area contributed by atoms with Crippen LogP contribution in [0.4, 0.5) is 0 Å². The monoisotopic (exact) mass is 874 g/mol. The van der Waals surface area contributed by atoms with Crippen molar-refractivity contribution in [2.45, 2.75) is 308 Å². The van der Waals surface area contributed by atoms with Crippen LogP contribution in [0.15, 0.2) is 36.5 Å². The van der Waals surface area contributed by atoms with Crippen LogP contribution in [0.25, 0.3) is 0 Å². The molecule has 0 aromatic rings. The molecule has 0 aromatic heterocycles. The van der Waals surface area contributed by atoms with Crippen LogP contribution >= 0.6 is 0 Å². The van der Waals surface area contributed by atoms with E-state index in [1.807, 2.05) is 0 Å². The number of amides is 1. The molecule has 0 aliphatic carbocycles. The zero-order valence-electron chi connectivity index (χ0n) is 41.4. The molecule has 62 heavy (non-hydrogen) atoms. The van der Waals surface area contributed by atoms with Crippen molar-refractivity contribution in [1.29, 1.82) is 0 Å². The maximum atomic E-state index is 12.6. The van der Waals surface area contributed by atoms with Gasteiger partial charge in [-0.15, -0.1) is 0 Å². The van der Waals surface area contributed by atoms with Gasteiger partial charge in [-0.1, -0.05) is 243 Å². The first-order valence-electron chi connectivity index (χ1n) is 27.4. The molecule has 0 aliphatic rings. The fourth-order valence-electron chi connectivity index (χ4n) is 8.48. The highest BCUT2D eigenvalue weighted by Crippen LogP contribution is 2.17. The number of carbonyl (C=O) groups excluding carboxylic acids is 1. The Balaban J connectivity index is 3.63. The number of carbonyl (C=O) groups is 1. The Morgan fingerprint density at radius 3 is 1.02 bits per heavy atom. The molecule has 0 bridgehead atoms. The van der Waals surface area contributed by atoms with Crippen LogP contribution in [0, 0.1) is 0 Å². The van der Waals surface area contributed by atoms with E-state index in [-0.39, 0.29) is 0 Å². The molecular formula is C56H107NO5. The van der Waals surface area contributed by atoms with Crippen molar-refractivity contribution >= 4 is 5.91 Å². The van der Waals surface area contributed by atoms with Gasteiger partial charge in [0.15, 0.2) is 0 Å². The van der Waals surface area contributed by atoms with Gasteiger partial charge in [-0.3, -0.25) is 4.79 Å². The molecule has 1 amide bonds. The van der Waals surface area contributed by atoms with Gasteiger partial charge in [0.2, 0.25) is 5.91 Å². The van der Waals surface area contributed by atoms with Crippen LogP contribution in [0.2, 0.25) is 0 Å². The summed E-state index contributed by atoms with van der Waals surface area (Å²) in [5.41, 5.74) is 0. The molecule has 4 unspecified atom stereocenters. The van der Waals surface area contributed by atoms with E-state index in [0.717, 1.165) is 38.5 Å². The van der Waals surface area contributed by atoms with E-state index in [2.05, 4.69) is 55.6 Å². The van der Waals surface area contributed by atoms with Crippen LogP contribution in [-0.2, 0) is 4.79 Å². The van der Waals surface area contributed by atoms with E-state index < -0.39 is 36.9 Å². The molecule has 6 heteroatoms. The van der Waals surface area contributed by atoms with Crippen molar-refractivity contribution in [1.82, 2.24) is 5.32 Å². The molecule has 6 nitrogen and oxygen atoms in total. The average molecular weight is 874 g/mol. The van der Waals surface area contributed by atoms with Crippen molar-refractivity contribution < 1.29 is 25.2 Å². The normalized spacial score (nSPS) is 14.1. The lowest BCUT2D eigenvalue weighted by Gasteiger charge is -2.27. The van der Waals surface area contributed by atoms with Gasteiger partial charge < -0.3 is 25.7 Å². The van der Waals surface area contributed by atoms with Gasteiger partial charge in [0, 0.05) is 0 Å². The van der Waals surface area contributed by atoms with Gasteiger partial charge in [0.05, 0.1) is 18.8 Å². The molecule has 0 saturated carbocycles. The topological polar surface area (TPSA) is 110 Å². The third-order valence-electron chi connectivity index (χ3n) is 12.8. The Labute approximate surface area is 386 Å². The largest absolute Gasteiger partial charge is 0.394 e. The summed E-state index contributed by atoms with van der Waals surface area (Å²) < 4.78 is 0. The first-order chi connectivity index (χ1) is 30.5. The van der Waals surface area contributed by atoms with Crippen molar-refractivity contribution in [3.63, 3.8) is 0 Å². The van der Waals surface area contributed by atoms with Gasteiger partial charge >= 0.3 is 0 Å². The van der Waals surface area contributed by atoms with E-state index >= 15 is 0 Å². The first-order valence-corrected chi connectivity index (χ1v) is 27.4. The number of aliphatic hydroxyl groups excluding tert-OH is 4. The first kappa shape index (κ1) is 60.5. The third kappa shape index (κ3) is 43.8. The standard InChI is InChI=1S/C56H107NO5/c1-3-5-7-9-11-13-15-17-19-21-22-23-24-25-26-27-28-29-30-31-32-33-34-36-38-40-42-44-46-48-50-54(60)56(62)57-52(51-58)55(61)53(59)49-47-45-43-41-39-37-35-20-18-16-14-12-10-8-6-4-2/h20,25-26,35,41,43,52-55,58-61H,3-19,21-24,27-34,36-40,42,44-51H2,1-2H3,(H,57,62)/b26-25-,35-20+,43-41+. The van der Waals surface area contributed by atoms with Crippen molar-refractivity contribution in [3.05, 3.63) is 36.5 Å². The number of aliphatic hydroxyl groups is 4. The van der Waals surface area contributed by atoms with Gasteiger partial charge in [-0.2, -0.15) is 0 Å². The molecule has 0 aliphatic heterocycles. The molecule has 0 rings (SSSR count). The van der Waals surface area contributed by atoms with Gasteiger partial charge in [-0.05, 0) is 77.0 Å². The SMILES string of the molecule is CCCCCCCCC/C=C/CC/C=C/CCCC(O)C(O)C(CO)NC(=O)C(O)CCCCCCCCCCCCCCCC/C=C\CCCCCCCCCCCCCC. The second-order valence-electron chi connectivity index (χ2n) is 18.9. The second kappa shape index (κ2) is 50.5. The Morgan fingerprint density at radius 1 is 0.387 bits per heavy atom. The van der Waals surface area contributed by atoms with Crippen molar-refractivity contribution in [2.24, 2.45) is 0 Å². The molecule has 4 atom stereocenters. The number of allylic oxidation sites excluding steroid dienone is 6. The summed E-state index contributed by atoms with van der Waals surface area (Å²) in [6.07, 6.45) is 62.1. The van der Waals surface area contributed by atoms with Crippen LogP contribution < -0.4 is 5.32 Å². The Hall–Kier alpha value is -1.47. The van der Waals surface area contributed by atoms with E-state index in [0.29, 0.717) is 19.3 Å². The van der Waals surface area contributed by atoms with E-state index in [1.165, 1.54) is 212 Å². The summed E-state index contributed by atoms with van der Waals surface area (Å²) in [5.74, 6) is -0.595. The number of hydrogen-bond acceptors (Lipinski definition) is 5. The molecule has 366 valence electrons. The highest BCUT2D eigenvalue weighted by Gasteiger charge is 2.28. The fraction of sp³-hybridized carbons (Fsp3) is 0.875. The van der Waals surface area contributed by atoms with Gasteiger partial charge in [0.25, 0.3) is 0 Å². The minimum absolute atomic E-state index is 0.361. The minimum atomic E-state index is -1.29. The quantitative estimate of drug-likeness (QED) is 0.0309. The summed E-state index contributed by atoms with van der Waals surface area (Å²) >= 11 is 0. The smallest absolute Gasteiger partial charge is 0.249 e. The Morgan fingerprint density at radius 2 is 0.677 bits per heavy atom. The summed E-state index contributed by atoms with van der Waals surface area (Å²) in [6, 6.07) is -1.01. The zero-order valence-corrected chi connectivity index (χ0v) is 41.4. The third-order valence-corrected chi connectivity index (χ3v) is 12.8. The van der Waals surface area contributed by atoms with Gasteiger partial charge in [-0.25, -0.2) is 0 Å². The van der Waals surface area contributed by atoms with Crippen LogP contribution in [-0.4, -0.2) is 57.3 Å². The number of unbranched alkanes of at least 4 members (excludes halogenated alkanes) is 35. The van der Waals surface area contributed by atoms with Crippen LogP contribution in [0.3, 0.4) is 0 Å². The number of rotatable bonds is 50. The number of hydrogen-bond donors (Lipinski definition) is 5.